The zero-order valence-corrected chi connectivity index (χ0v) is 10.5. The van der Waals surface area contributed by atoms with E-state index in [1.54, 1.807) is 12.1 Å². The molecule has 1 aliphatic rings. The lowest BCUT2D eigenvalue weighted by molar-refractivity contribution is -0.274. The van der Waals surface area contributed by atoms with Gasteiger partial charge in [0.2, 0.25) is 0 Å². The summed E-state index contributed by atoms with van der Waals surface area (Å²) in [4.78, 5) is 0. The molecule has 0 radical (unpaired) electrons. The molecule has 104 valence electrons. The van der Waals surface area contributed by atoms with E-state index >= 15 is 0 Å². The third-order valence-corrected chi connectivity index (χ3v) is 3.24. The summed E-state index contributed by atoms with van der Waals surface area (Å²) < 4.78 is 40.1. The van der Waals surface area contributed by atoms with E-state index in [9.17, 15) is 13.2 Å². The number of ether oxygens (including phenoxy) is 1. The number of hydrogen-bond donors (Lipinski definition) is 1. The first kappa shape index (κ1) is 12.8. The number of rotatable bonds is 2. The average Bonchev–Trinajstić information content (AvgIpc) is 2.85. The van der Waals surface area contributed by atoms with Gasteiger partial charge in [0.1, 0.15) is 5.75 Å². The zero-order valence-electron chi connectivity index (χ0n) is 10.5. The van der Waals surface area contributed by atoms with Crippen molar-refractivity contribution in [3.05, 3.63) is 48.0 Å². The summed E-state index contributed by atoms with van der Waals surface area (Å²) >= 11 is 0. The largest absolute Gasteiger partial charge is 0.573 e. The predicted octanol–water partition coefficient (Wildman–Crippen LogP) is 4.22. The summed E-state index contributed by atoms with van der Waals surface area (Å²) in [5, 5.41) is 3.28. The molecule has 1 heterocycles. The molecule has 2 aromatic carbocycles. The Kier molecular flexibility index (Phi) is 3.04. The Bertz CT molecular complexity index is 620. The summed E-state index contributed by atoms with van der Waals surface area (Å²) in [5.74, 6) is -0.208. The Morgan fingerprint density at radius 1 is 0.950 bits per heavy atom. The normalized spacial score (nSPS) is 13.8. The Hall–Kier alpha value is -2.17. The van der Waals surface area contributed by atoms with Crippen LogP contribution in [0.2, 0.25) is 0 Å². The maximum absolute atomic E-state index is 12.1. The van der Waals surface area contributed by atoms with Crippen LogP contribution < -0.4 is 10.1 Å². The first-order chi connectivity index (χ1) is 9.51. The molecule has 0 aliphatic carbocycles. The standard InChI is InChI=1S/C15H12F3NO/c16-15(17,18)20-13-5-3-10(4-6-13)12-2-1-11-7-8-19-14(11)9-12/h1-6,9,19H,7-8H2. The van der Waals surface area contributed by atoms with Crippen LogP contribution in [0.4, 0.5) is 18.9 Å². The van der Waals surface area contributed by atoms with Gasteiger partial charge in [-0.1, -0.05) is 24.3 Å². The van der Waals surface area contributed by atoms with Crippen LogP contribution in [0, 0.1) is 0 Å². The number of hydrogen-bond acceptors (Lipinski definition) is 2. The van der Waals surface area contributed by atoms with Gasteiger partial charge in [0.05, 0.1) is 0 Å². The minimum Gasteiger partial charge on any atom is -0.406 e. The van der Waals surface area contributed by atoms with Crippen LogP contribution in [-0.4, -0.2) is 12.9 Å². The van der Waals surface area contributed by atoms with Crippen LogP contribution in [-0.2, 0) is 6.42 Å². The Labute approximate surface area is 114 Å². The van der Waals surface area contributed by atoms with Crippen molar-refractivity contribution in [2.45, 2.75) is 12.8 Å². The monoisotopic (exact) mass is 279 g/mol. The maximum atomic E-state index is 12.1. The summed E-state index contributed by atoms with van der Waals surface area (Å²) in [6.07, 6.45) is -3.65. The summed E-state index contributed by atoms with van der Waals surface area (Å²) in [5.41, 5.74) is 4.19. The summed E-state index contributed by atoms with van der Waals surface area (Å²) in [6, 6.07) is 11.9. The molecule has 0 fully saturated rings. The lowest BCUT2D eigenvalue weighted by Crippen LogP contribution is -2.16. The van der Waals surface area contributed by atoms with Crippen molar-refractivity contribution in [1.82, 2.24) is 0 Å². The fourth-order valence-corrected chi connectivity index (χ4v) is 2.32. The van der Waals surface area contributed by atoms with Gasteiger partial charge in [-0.15, -0.1) is 13.2 Å². The molecule has 0 saturated heterocycles. The third kappa shape index (κ3) is 2.71. The van der Waals surface area contributed by atoms with Gasteiger partial charge in [0.25, 0.3) is 0 Å². The fourth-order valence-electron chi connectivity index (χ4n) is 2.32. The Morgan fingerprint density at radius 2 is 1.65 bits per heavy atom. The lowest BCUT2D eigenvalue weighted by Gasteiger charge is -2.10. The summed E-state index contributed by atoms with van der Waals surface area (Å²) in [6.45, 7) is 0.928. The van der Waals surface area contributed by atoms with E-state index in [2.05, 4.69) is 10.1 Å². The van der Waals surface area contributed by atoms with Crippen LogP contribution in [0.1, 0.15) is 5.56 Å². The van der Waals surface area contributed by atoms with Gasteiger partial charge in [0, 0.05) is 12.2 Å². The van der Waals surface area contributed by atoms with Crippen molar-refractivity contribution in [2.24, 2.45) is 0 Å². The summed E-state index contributed by atoms with van der Waals surface area (Å²) in [7, 11) is 0. The minimum absolute atomic E-state index is 0.208. The van der Waals surface area contributed by atoms with Gasteiger partial charge in [-0.2, -0.15) is 0 Å². The van der Waals surface area contributed by atoms with E-state index < -0.39 is 6.36 Å². The number of benzene rings is 2. The van der Waals surface area contributed by atoms with Crippen LogP contribution in [0.5, 0.6) is 5.75 Å². The van der Waals surface area contributed by atoms with Gasteiger partial charge in [-0.25, -0.2) is 0 Å². The van der Waals surface area contributed by atoms with Gasteiger partial charge in [-0.05, 0) is 41.3 Å². The predicted molar refractivity (Wildman–Crippen MR) is 70.8 cm³/mol. The third-order valence-electron chi connectivity index (χ3n) is 3.24. The first-order valence-corrected chi connectivity index (χ1v) is 6.24. The second kappa shape index (κ2) is 4.74. The van der Waals surface area contributed by atoms with Crippen molar-refractivity contribution in [1.29, 1.82) is 0 Å². The molecule has 20 heavy (non-hydrogen) atoms. The van der Waals surface area contributed by atoms with Crippen molar-refractivity contribution >= 4 is 5.69 Å². The van der Waals surface area contributed by atoms with E-state index in [1.165, 1.54) is 17.7 Å². The number of fused-ring (bicyclic) bond motifs is 1. The molecule has 2 aromatic rings. The molecule has 5 heteroatoms. The van der Waals surface area contributed by atoms with Gasteiger partial charge in [0.15, 0.2) is 0 Å². The molecule has 1 aliphatic heterocycles. The van der Waals surface area contributed by atoms with Crippen LogP contribution >= 0.6 is 0 Å². The second-order valence-electron chi connectivity index (χ2n) is 4.62. The molecule has 0 atom stereocenters. The number of alkyl halides is 3. The minimum atomic E-state index is -4.65. The highest BCUT2D eigenvalue weighted by Crippen LogP contribution is 2.30. The number of halogens is 3. The lowest BCUT2D eigenvalue weighted by atomic mass is 10.0. The van der Waals surface area contributed by atoms with E-state index in [0.717, 1.165) is 29.8 Å². The zero-order chi connectivity index (χ0) is 14.2. The topological polar surface area (TPSA) is 21.3 Å². The van der Waals surface area contributed by atoms with Crippen molar-refractivity contribution in [3.63, 3.8) is 0 Å². The van der Waals surface area contributed by atoms with Gasteiger partial charge in [-0.3, -0.25) is 0 Å². The molecule has 3 rings (SSSR count). The Morgan fingerprint density at radius 3 is 2.35 bits per heavy atom. The van der Waals surface area contributed by atoms with E-state index in [-0.39, 0.29) is 5.75 Å². The number of anilines is 1. The SMILES string of the molecule is FC(F)(F)Oc1ccc(-c2ccc3c(c2)NCC3)cc1. The van der Waals surface area contributed by atoms with E-state index in [4.69, 9.17) is 0 Å². The van der Waals surface area contributed by atoms with Crippen molar-refractivity contribution < 1.29 is 17.9 Å². The van der Waals surface area contributed by atoms with Gasteiger partial charge >= 0.3 is 6.36 Å². The molecular formula is C15H12F3NO. The first-order valence-electron chi connectivity index (χ1n) is 6.24. The fraction of sp³-hybridized carbons (Fsp3) is 0.200. The maximum Gasteiger partial charge on any atom is 0.573 e. The molecule has 0 aromatic heterocycles. The van der Waals surface area contributed by atoms with E-state index in [1.807, 2.05) is 18.2 Å². The van der Waals surface area contributed by atoms with E-state index in [0.29, 0.717) is 0 Å². The molecule has 0 bridgehead atoms. The molecule has 0 spiro atoms. The molecule has 0 saturated carbocycles. The van der Waals surface area contributed by atoms with Gasteiger partial charge < -0.3 is 10.1 Å². The van der Waals surface area contributed by atoms with Crippen molar-refractivity contribution in [2.75, 3.05) is 11.9 Å². The van der Waals surface area contributed by atoms with Crippen LogP contribution in [0.3, 0.4) is 0 Å². The molecule has 0 unspecified atom stereocenters. The van der Waals surface area contributed by atoms with Crippen LogP contribution in [0.15, 0.2) is 42.5 Å². The Balaban J connectivity index is 1.84. The highest BCUT2D eigenvalue weighted by molar-refractivity contribution is 5.71. The second-order valence-corrected chi connectivity index (χ2v) is 4.62. The smallest absolute Gasteiger partial charge is 0.406 e. The highest BCUT2D eigenvalue weighted by atomic mass is 19.4. The molecule has 1 N–H and O–H groups in total. The van der Waals surface area contributed by atoms with Crippen LogP contribution in [0.25, 0.3) is 11.1 Å². The highest BCUT2D eigenvalue weighted by Gasteiger charge is 2.30. The molecule has 2 nitrogen and oxygen atoms in total. The average molecular weight is 279 g/mol. The molecular weight excluding hydrogens is 267 g/mol. The van der Waals surface area contributed by atoms with Crippen molar-refractivity contribution in [3.8, 4) is 16.9 Å². The quantitative estimate of drug-likeness (QED) is 0.888. The number of nitrogens with one attached hydrogen (secondary N) is 1. The molecule has 0 amide bonds.